The van der Waals surface area contributed by atoms with Crippen LogP contribution in [0.3, 0.4) is 0 Å². The molecule has 1 amide bonds. The van der Waals surface area contributed by atoms with Crippen molar-refractivity contribution in [2.45, 2.75) is 13.3 Å². The Morgan fingerprint density at radius 1 is 1.39 bits per heavy atom. The minimum Gasteiger partial charge on any atom is -0.481 e. The second-order valence-electron chi connectivity index (χ2n) is 5.89. The third kappa shape index (κ3) is 2.69. The lowest BCUT2D eigenvalue weighted by atomic mass is 9.87. The summed E-state index contributed by atoms with van der Waals surface area (Å²) in [6.45, 7) is 2.52. The van der Waals surface area contributed by atoms with E-state index in [0.29, 0.717) is 18.5 Å². The highest BCUT2D eigenvalue weighted by molar-refractivity contribution is 6.05. The van der Waals surface area contributed by atoms with Crippen LogP contribution in [0.4, 0.5) is 0 Å². The number of H-pyrrole nitrogens is 1. The molecule has 1 aliphatic heterocycles. The molecule has 120 valence electrons. The van der Waals surface area contributed by atoms with Gasteiger partial charge in [0.25, 0.3) is 11.5 Å². The van der Waals surface area contributed by atoms with Gasteiger partial charge in [-0.15, -0.1) is 0 Å². The van der Waals surface area contributed by atoms with Crippen molar-refractivity contribution in [2.75, 3.05) is 13.1 Å². The van der Waals surface area contributed by atoms with Crippen molar-refractivity contribution in [1.82, 2.24) is 14.9 Å². The normalized spacial score (nSPS) is 21.3. The minimum absolute atomic E-state index is 0.0223. The maximum atomic E-state index is 12.8. The fourth-order valence-electron chi connectivity index (χ4n) is 3.04. The summed E-state index contributed by atoms with van der Waals surface area (Å²) in [5, 5.41) is 9.53. The average molecular weight is 315 g/mol. The highest BCUT2D eigenvalue weighted by Crippen LogP contribution is 2.25. The first-order chi connectivity index (χ1) is 11.0. The fraction of sp³-hybridized carbons (Fsp3) is 0.375. The van der Waals surface area contributed by atoms with E-state index in [1.807, 2.05) is 6.92 Å². The Labute approximate surface area is 132 Å². The van der Waals surface area contributed by atoms with Gasteiger partial charge in [-0.25, -0.2) is 4.98 Å². The minimum atomic E-state index is -0.896. The van der Waals surface area contributed by atoms with Crippen molar-refractivity contribution in [3.05, 3.63) is 40.4 Å². The summed E-state index contributed by atoms with van der Waals surface area (Å²) in [6, 6.07) is 4.92. The van der Waals surface area contributed by atoms with Crippen molar-refractivity contribution in [3.63, 3.8) is 0 Å². The number of benzene rings is 1. The van der Waals surface area contributed by atoms with Gasteiger partial charge < -0.3 is 15.0 Å². The molecule has 0 bridgehead atoms. The molecule has 1 saturated heterocycles. The number of nitrogens with zero attached hydrogens (tertiary/aromatic N) is 2. The predicted octanol–water partition coefficient (Wildman–Crippen LogP) is 1.11. The van der Waals surface area contributed by atoms with Gasteiger partial charge in [-0.1, -0.05) is 13.0 Å². The van der Waals surface area contributed by atoms with Gasteiger partial charge in [-0.3, -0.25) is 14.4 Å². The predicted molar refractivity (Wildman–Crippen MR) is 83.2 cm³/mol. The van der Waals surface area contributed by atoms with E-state index in [9.17, 15) is 19.5 Å². The van der Waals surface area contributed by atoms with Gasteiger partial charge in [0.1, 0.15) is 0 Å². The lowest BCUT2D eigenvalue weighted by Gasteiger charge is -2.35. The molecule has 3 rings (SSSR count). The van der Waals surface area contributed by atoms with E-state index >= 15 is 0 Å². The molecular formula is C16H17N3O4. The molecule has 1 aromatic heterocycles. The number of rotatable bonds is 2. The number of hydrogen-bond donors (Lipinski definition) is 2. The van der Waals surface area contributed by atoms with Crippen molar-refractivity contribution in [2.24, 2.45) is 11.8 Å². The monoisotopic (exact) mass is 315 g/mol. The van der Waals surface area contributed by atoms with Gasteiger partial charge in [-0.2, -0.15) is 0 Å². The zero-order valence-electron chi connectivity index (χ0n) is 12.7. The zero-order valence-corrected chi connectivity index (χ0v) is 12.7. The SMILES string of the molecule is CC1CCN(C(=O)c2cccc3nc[nH]c(=O)c23)CC1C(=O)O. The number of fused-ring (bicyclic) bond motifs is 1. The Balaban J connectivity index is 1.98. The molecule has 1 fully saturated rings. The van der Waals surface area contributed by atoms with Crippen LogP contribution in [0.25, 0.3) is 10.9 Å². The topological polar surface area (TPSA) is 103 Å². The third-order valence-corrected chi connectivity index (χ3v) is 4.46. The number of nitrogens with one attached hydrogen (secondary N) is 1. The average Bonchev–Trinajstić information content (AvgIpc) is 2.54. The van der Waals surface area contributed by atoms with Crippen LogP contribution in [0.1, 0.15) is 23.7 Å². The summed E-state index contributed by atoms with van der Waals surface area (Å²) < 4.78 is 0. The first-order valence-corrected chi connectivity index (χ1v) is 7.47. The molecule has 0 saturated carbocycles. The summed E-state index contributed by atoms with van der Waals surface area (Å²) in [6.07, 6.45) is 1.92. The Morgan fingerprint density at radius 2 is 2.17 bits per heavy atom. The molecule has 2 N–H and O–H groups in total. The molecule has 1 aliphatic rings. The van der Waals surface area contributed by atoms with Crippen LogP contribution in [-0.2, 0) is 4.79 Å². The van der Waals surface area contributed by atoms with Gasteiger partial charge >= 0.3 is 5.97 Å². The smallest absolute Gasteiger partial charge is 0.308 e. The number of carbonyl (C=O) groups excluding carboxylic acids is 1. The van der Waals surface area contributed by atoms with Crippen LogP contribution in [0.15, 0.2) is 29.3 Å². The molecule has 7 heteroatoms. The van der Waals surface area contributed by atoms with Gasteiger partial charge in [0.2, 0.25) is 0 Å². The standard InChI is InChI=1S/C16H17N3O4/c1-9-5-6-19(7-11(9)16(22)23)15(21)10-3-2-4-12-13(10)14(20)18-8-17-12/h2-4,8-9,11H,5-7H2,1H3,(H,22,23)(H,17,18,20). The molecule has 0 spiro atoms. The van der Waals surface area contributed by atoms with Crippen molar-refractivity contribution < 1.29 is 14.7 Å². The Kier molecular flexibility index (Phi) is 3.85. The van der Waals surface area contributed by atoms with Gasteiger partial charge in [0.05, 0.1) is 28.7 Å². The van der Waals surface area contributed by atoms with Gasteiger partial charge in [0.15, 0.2) is 0 Å². The molecule has 2 atom stereocenters. The van der Waals surface area contributed by atoms with Gasteiger partial charge in [0, 0.05) is 13.1 Å². The van der Waals surface area contributed by atoms with E-state index in [1.54, 1.807) is 18.2 Å². The number of aliphatic carboxylic acids is 1. The van der Waals surface area contributed by atoms with E-state index in [2.05, 4.69) is 9.97 Å². The number of aromatic amines is 1. The molecule has 0 aliphatic carbocycles. The molecular weight excluding hydrogens is 298 g/mol. The molecule has 7 nitrogen and oxygen atoms in total. The number of amides is 1. The van der Waals surface area contributed by atoms with Crippen LogP contribution in [0, 0.1) is 11.8 Å². The lowest BCUT2D eigenvalue weighted by Crippen LogP contribution is -2.46. The van der Waals surface area contributed by atoms with E-state index < -0.39 is 11.9 Å². The lowest BCUT2D eigenvalue weighted by molar-refractivity contribution is -0.145. The van der Waals surface area contributed by atoms with Crippen LogP contribution in [0.2, 0.25) is 0 Å². The van der Waals surface area contributed by atoms with E-state index in [4.69, 9.17) is 0 Å². The number of piperidine rings is 1. The molecule has 2 heterocycles. The van der Waals surface area contributed by atoms with E-state index in [-0.39, 0.29) is 34.9 Å². The highest BCUT2D eigenvalue weighted by atomic mass is 16.4. The second-order valence-corrected chi connectivity index (χ2v) is 5.89. The second kappa shape index (κ2) is 5.83. The Morgan fingerprint density at radius 3 is 2.91 bits per heavy atom. The van der Waals surface area contributed by atoms with E-state index in [1.165, 1.54) is 11.2 Å². The number of aromatic nitrogens is 2. The molecule has 0 radical (unpaired) electrons. The highest BCUT2D eigenvalue weighted by Gasteiger charge is 2.34. The number of carbonyl (C=O) groups is 2. The largest absolute Gasteiger partial charge is 0.481 e. The number of likely N-dealkylation sites (tertiary alicyclic amines) is 1. The zero-order chi connectivity index (χ0) is 16.6. The third-order valence-electron chi connectivity index (χ3n) is 4.46. The first kappa shape index (κ1) is 15.2. The number of carboxylic acids is 1. The van der Waals surface area contributed by atoms with Crippen LogP contribution < -0.4 is 5.56 Å². The maximum absolute atomic E-state index is 12.8. The summed E-state index contributed by atoms with van der Waals surface area (Å²) in [4.78, 5) is 44.2. The summed E-state index contributed by atoms with van der Waals surface area (Å²) in [5.74, 6) is -1.78. The summed E-state index contributed by atoms with van der Waals surface area (Å²) in [5.41, 5.74) is 0.328. The molecule has 2 aromatic rings. The Hall–Kier alpha value is -2.70. The van der Waals surface area contributed by atoms with Crippen molar-refractivity contribution in [3.8, 4) is 0 Å². The van der Waals surface area contributed by atoms with Crippen LogP contribution >= 0.6 is 0 Å². The van der Waals surface area contributed by atoms with Crippen LogP contribution in [-0.4, -0.2) is 44.9 Å². The van der Waals surface area contributed by atoms with Crippen molar-refractivity contribution >= 4 is 22.8 Å². The number of hydrogen-bond acceptors (Lipinski definition) is 4. The molecule has 2 unspecified atom stereocenters. The number of carboxylic acid groups (broad SMARTS) is 1. The fourth-order valence-corrected chi connectivity index (χ4v) is 3.04. The first-order valence-electron chi connectivity index (χ1n) is 7.47. The summed E-state index contributed by atoms with van der Waals surface area (Å²) in [7, 11) is 0. The maximum Gasteiger partial charge on any atom is 0.308 e. The van der Waals surface area contributed by atoms with Crippen LogP contribution in [0.5, 0.6) is 0 Å². The molecule has 23 heavy (non-hydrogen) atoms. The summed E-state index contributed by atoms with van der Waals surface area (Å²) >= 11 is 0. The molecule has 1 aromatic carbocycles. The van der Waals surface area contributed by atoms with E-state index in [0.717, 1.165) is 0 Å². The van der Waals surface area contributed by atoms with Crippen molar-refractivity contribution in [1.29, 1.82) is 0 Å². The Bertz CT molecular complexity index is 824. The quantitative estimate of drug-likeness (QED) is 0.864. The van der Waals surface area contributed by atoms with Gasteiger partial charge in [-0.05, 0) is 24.5 Å².